The molecule has 0 radical (unpaired) electrons. The van der Waals surface area contributed by atoms with Gasteiger partial charge in [0, 0.05) is 12.8 Å². The predicted molar refractivity (Wildman–Crippen MR) is 93.2 cm³/mol. The van der Waals surface area contributed by atoms with E-state index in [9.17, 15) is 9.90 Å². The van der Waals surface area contributed by atoms with Crippen LogP contribution in [0.3, 0.4) is 0 Å². The van der Waals surface area contributed by atoms with Crippen molar-refractivity contribution in [2.75, 3.05) is 0 Å². The largest absolute Gasteiger partial charge is 0.508 e. The van der Waals surface area contributed by atoms with Gasteiger partial charge in [-0.25, -0.2) is 0 Å². The maximum atomic E-state index is 11.1. The molecule has 3 nitrogen and oxygen atoms in total. The highest BCUT2D eigenvalue weighted by Crippen LogP contribution is 2.33. The van der Waals surface area contributed by atoms with Crippen molar-refractivity contribution in [3.05, 3.63) is 95.6 Å². The van der Waals surface area contributed by atoms with E-state index in [0.717, 1.165) is 16.7 Å². The highest BCUT2D eigenvalue weighted by molar-refractivity contribution is 5.69. The van der Waals surface area contributed by atoms with E-state index in [1.54, 1.807) is 24.3 Å². The van der Waals surface area contributed by atoms with Crippen molar-refractivity contribution in [2.24, 2.45) is 0 Å². The van der Waals surface area contributed by atoms with Crippen LogP contribution in [0.15, 0.2) is 78.9 Å². The van der Waals surface area contributed by atoms with E-state index in [-0.39, 0.29) is 17.6 Å². The summed E-state index contributed by atoms with van der Waals surface area (Å²) in [7, 11) is 0. The Labute approximate surface area is 141 Å². The van der Waals surface area contributed by atoms with E-state index < -0.39 is 0 Å². The van der Waals surface area contributed by atoms with E-state index in [1.807, 2.05) is 42.5 Å². The number of ether oxygens (including phenoxy) is 1. The molecular formula is C21H18O3. The molecular weight excluding hydrogens is 300 g/mol. The lowest BCUT2D eigenvalue weighted by molar-refractivity contribution is -0.131. The van der Waals surface area contributed by atoms with E-state index in [4.69, 9.17) is 4.74 Å². The molecule has 0 spiro atoms. The highest BCUT2D eigenvalue weighted by Gasteiger charge is 2.16. The number of phenols is 1. The van der Waals surface area contributed by atoms with Crippen LogP contribution in [0.25, 0.3) is 0 Å². The lowest BCUT2D eigenvalue weighted by atomic mass is 9.85. The monoisotopic (exact) mass is 318 g/mol. The quantitative estimate of drug-likeness (QED) is 0.438. The number of hydrogen-bond acceptors (Lipinski definition) is 3. The molecule has 0 bridgehead atoms. The molecule has 120 valence electrons. The smallest absolute Gasteiger partial charge is 0.308 e. The second-order valence-electron chi connectivity index (χ2n) is 5.60. The molecule has 0 aliphatic rings. The Balaban J connectivity index is 2.01. The number of phenolic OH excluding ortho intramolecular Hbond substituents is 1. The molecule has 0 aromatic heterocycles. The minimum Gasteiger partial charge on any atom is -0.508 e. The summed E-state index contributed by atoms with van der Waals surface area (Å²) < 4.78 is 5.10. The van der Waals surface area contributed by atoms with Gasteiger partial charge in [0.15, 0.2) is 0 Å². The van der Waals surface area contributed by atoms with Crippen LogP contribution in [0, 0.1) is 0 Å². The fourth-order valence-corrected chi connectivity index (χ4v) is 2.78. The molecule has 0 saturated carbocycles. The third-order valence-corrected chi connectivity index (χ3v) is 3.83. The van der Waals surface area contributed by atoms with Crippen LogP contribution in [-0.2, 0) is 4.79 Å². The maximum absolute atomic E-state index is 11.1. The zero-order valence-corrected chi connectivity index (χ0v) is 13.3. The van der Waals surface area contributed by atoms with E-state index in [0.29, 0.717) is 5.75 Å². The fourth-order valence-electron chi connectivity index (χ4n) is 2.78. The molecule has 3 aromatic rings. The molecule has 0 saturated heterocycles. The molecule has 1 atom stereocenters. The first-order valence-electron chi connectivity index (χ1n) is 7.76. The van der Waals surface area contributed by atoms with Crippen LogP contribution in [0.2, 0.25) is 0 Å². The standard InChI is InChI=1S/C21H18O3/c1-15(22)24-20-13-9-18(10-14-20)21(16-5-3-2-4-6-16)17-7-11-19(23)12-8-17/h2-14,21,23H,1H3/t21-/m1/s1. The Morgan fingerprint density at radius 3 is 1.83 bits per heavy atom. The van der Waals surface area contributed by atoms with Crippen molar-refractivity contribution in [3.8, 4) is 11.5 Å². The van der Waals surface area contributed by atoms with Gasteiger partial charge in [-0.15, -0.1) is 0 Å². The van der Waals surface area contributed by atoms with Crippen molar-refractivity contribution in [1.29, 1.82) is 0 Å². The predicted octanol–water partition coefficient (Wildman–Crippen LogP) is 4.50. The number of aromatic hydroxyl groups is 1. The van der Waals surface area contributed by atoms with Crippen LogP contribution in [0.1, 0.15) is 29.5 Å². The highest BCUT2D eigenvalue weighted by atomic mass is 16.5. The Morgan fingerprint density at radius 2 is 1.29 bits per heavy atom. The van der Waals surface area contributed by atoms with Crippen molar-refractivity contribution in [2.45, 2.75) is 12.8 Å². The van der Waals surface area contributed by atoms with Crippen LogP contribution >= 0.6 is 0 Å². The van der Waals surface area contributed by atoms with Gasteiger partial charge in [-0.3, -0.25) is 4.79 Å². The van der Waals surface area contributed by atoms with Crippen LogP contribution in [0.4, 0.5) is 0 Å². The third-order valence-electron chi connectivity index (χ3n) is 3.83. The number of benzene rings is 3. The fraction of sp³-hybridized carbons (Fsp3) is 0.0952. The van der Waals surface area contributed by atoms with Gasteiger partial charge in [-0.1, -0.05) is 54.6 Å². The summed E-state index contributed by atoms with van der Waals surface area (Å²) in [6.07, 6.45) is 0. The van der Waals surface area contributed by atoms with Gasteiger partial charge in [0.2, 0.25) is 0 Å². The van der Waals surface area contributed by atoms with Crippen molar-refractivity contribution in [1.82, 2.24) is 0 Å². The van der Waals surface area contributed by atoms with Gasteiger partial charge in [-0.2, -0.15) is 0 Å². The number of rotatable bonds is 4. The second-order valence-corrected chi connectivity index (χ2v) is 5.60. The van der Waals surface area contributed by atoms with Crippen LogP contribution in [0.5, 0.6) is 11.5 Å². The molecule has 3 heteroatoms. The molecule has 0 fully saturated rings. The third kappa shape index (κ3) is 3.63. The van der Waals surface area contributed by atoms with Gasteiger partial charge in [0.1, 0.15) is 11.5 Å². The second kappa shape index (κ2) is 7.01. The first-order valence-corrected chi connectivity index (χ1v) is 7.76. The van der Waals surface area contributed by atoms with Crippen molar-refractivity contribution < 1.29 is 14.6 Å². The molecule has 0 aliphatic heterocycles. The SMILES string of the molecule is CC(=O)Oc1ccc([C@H](c2ccccc2)c2ccc(O)cc2)cc1. The zero-order chi connectivity index (χ0) is 16.9. The van der Waals surface area contributed by atoms with Crippen molar-refractivity contribution >= 4 is 5.97 Å². The summed E-state index contributed by atoms with van der Waals surface area (Å²) in [6, 6.07) is 24.9. The van der Waals surface area contributed by atoms with Gasteiger partial charge < -0.3 is 9.84 Å². The van der Waals surface area contributed by atoms with E-state index >= 15 is 0 Å². The number of hydrogen-bond donors (Lipinski definition) is 1. The summed E-state index contributed by atoms with van der Waals surface area (Å²) in [5.41, 5.74) is 3.32. The van der Waals surface area contributed by atoms with Crippen molar-refractivity contribution in [3.63, 3.8) is 0 Å². The Morgan fingerprint density at radius 1 is 0.792 bits per heavy atom. The molecule has 0 unspecified atom stereocenters. The van der Waals surface area contributed by atoms with Gasteiger partial charge in [-0.05, 0) is 41.0 Å². The molecule has 1 N–H and O–H groups in total. The van der Waals surface area contributed by atoms with Gasteiger partial charge >= 0.3 is 5.97 Å². The van der Waals surface area contributed by atoms with Crippen LogP contribution in [-0.4, -0.2) is 11.1 Å². The summed E-state index contributed by atoms with van der Waals surface area (Å²) in [5.74, 6) is 0.485. The molecule has 0 amide bonds. The van der Waals surface area contributed by atoms with Gasteiger partial charge in [0.05, 0.1) is 0 Å². The van der Waals surface area contributed by atoms with E-state index in [2.05, 4.69) is 12.1 Å². The maximum Gasteiger partial charge on any atom is 0.308 e. The van der Waals surface area contributed by atoms with Gasteiger partial charge in [0.25, 0.3) is 0 Å². The molecule has 24 heavy (non-hydrogen) atoms. The Kier molecular flexibility index (Phi) is 4.62. The number of esters is 1. The zero-order valence-electron chi connectivity index (χ0n) is 13.3. The number of carbonyl (C=O) groups excluding carboxylic acids is 1. The summed E-state index contributed by atoms with van der Waals surface area (Å²) in [4.78, 5) is 11.1. The molecule has 0 heterocycles. The minimum atomic E-state index is -0.333. The summed E-state index contributed by atoms with van der Waals surface area (Å²) >= 11 is 0. The first-order chi connectivity index (χ1) is 11.6. The molecule has 0 aliphatic carbocycles. The van der Waals surface area contributed by atoms with Crippen LogP contribution < -0.4 is 4.74 Å². The number of carbonyl (C=O) groups is 1. The summed E-state index contributed by atoms with van der Waals surface area (Å²) in [6.45, 7) is 1.39. The molecule has 3 aromatic carbocycles. The summed E-state index contributed by atoms with van der Waals surface area (Å²) in [5, 5.41) is 9.55. The Hall–Kier alpha value is -3.07. The average molecular weight is 318 g/mol. The first kappa shape index (κ1) is 15.8. The minimum absolute atomic E-state index is 0.0400. The lowest BCUT2D eigenvalue weighted by Gasteiger charge is -2.19. The average Bonchev–Trinajstić information content (AvgIpc) is 2.59. The normalized spacial score (nSPS) is 11.7. The topological polar surface area (TPSA) is 46.5 Å². The molecule has 3 rings (SSSR count). The Bertz CT molecular complexity index is 806. The lowest BCUT2D eigenvalue weighted by Crippen LogP contribution is -2.04. The van der Waals surface area contributed by atoms with E-state index in [1.165, 1.54) is 6.92 Å².